The molecule has 116 valence electrons. The molecule has 3 rings (SSSR count). The summed E-state index contributed by atoms with van der Waals surface area (Å²) in [6.45, 7) is 4.25. The van der Waals surface area contributed by atoms with E-state index in [4.69, 9.17) is 0 Å². The van der Waals surface area contributed by atoms with Crippen LogP contribution in [-0.2, 0) is 20.4 Å². The van der Waals surface area contributed by atoms with Crippen LogP contribution in [0.25, 0.3) is 0 Å². The Hall–Kier alpha value is -1.01. The highest BCUT2D eigenvalue weighted by atomic mass is 32.2. The second kappa shape index (κ2) is 4.49. The second-order valence-corrected chi connectivity index (χ2v) is 8.49. The van der Waals surface area contributed by atoms with Crippen LogP contribution >= 0.6 is 0 Å². The fourth-order valence-corrected chi connectivity index (χ4v) is 6.29. The summed E-state index contributed by atoms with van der Waals surface area (Å²) in [5.41, 5.74) is -0.492. The van der Waals surface area contributed by atoms with Crippen molar-refractivity contribution in [2.24, 2.45) is 16.7 Å². The first-order valence-electron chi connectivity index (χ1n) is 7.31. The first-order chi connectivity index (χ1) is 9.70. The molecule has 0 aromatic rings. The molecule has 3 aliphatic rings. The molecule has 6 heteroatoms. The minimum Gasteiger partial charge on any atom is -0.392 e. The minimum atomic E-state index is -1.55. The van der Waals surface area contributed by atoms with E-state index in [2.05, 4.69) is 13.8 Å². The van der Waals surface area contributed by atoms with Crippen molar-refractivity contribution in [1.29, 1.82) is 0 Å². The maximum absolute atomic E-state index is 12.7. The Bertz CT molecular complexity index is 582. The van der Waals surface area contributed by atoms with Crippen LogP contribution in [-0.4, -0.2) is 44.9 Å². The molecule has 2 amide bonds. The van der Waals surface area contributed by atoms with Crippen molar-refractivity contribution in [1.82, 2.24) is 4.90 Å². The first-order valence-corrected chi connectivity index (χ1v) is 8.63. The Morgan fingerprint density at radius 3 is 2.52 bits per heavy atom. The normalized spacial score (nSPS) is 39.0. The Kier molecular flexibility index (Phi) is 3.19. The second-order valence-electron chi connectivity index (χ2n) is 7.07. The van der Waals surface area contributed by atoms with Crippen molar-refractivity contribution in [3.63, 3.8) is 0 Å². The van der Waals surface area contributed by atoms with E-state index in [9.17, 15) is 18.9 Å². The third kappa shape index (κ3) is 1.81. The van der Waals surface area contributed by atoms with Gasteiger partial charge in [0, 0.05) is 24.3 Å². The lowest BCUT2D eigenvalue weighted by Gasteiger charge is -2.40. The van der Waals surface area contributed by atoms with Gasteiger partial charge in [0.1, 0.15) is 4.91 Å². The molecular weight excluding hydrogens is 290 g/mol. The van der Waals surface area contributed by atoms with Crippen LogP contribution in [0.5, 0.6) is 0 Å². The zero-order chi connectivity index (χ0) is 15.6. The number of carbonyl (C=O) groups is 2. The van der Waals surface area contributed by atoms with E-state index >= 15 is 0 Å². The van der Waals surface area contributed by atoms with Crippen LogP contribution in [0.2, 0.25) is 0 Å². The number of aliphatic hydroxyl groups is 1. The van der Waals surface area contributed by atoms with Crippen LogP contribution in [0.1, 0.15) is 33.1 Å². The smallest absolute Gasteiger partial charge is 0.269 e. The Morgan fingerprint density at radius 2 is 2.10 bits per heavy atom. The number of rotatable bonds is 3. The van der Waals surface area contributed by atoms with E-state index in [0.717, 1.165) is 24.2 Å². The van der Waals surface area contributed by atoms with Crippen molar-refractivity contribution >= 4 is 22.6 Å². The van der Waals surface area contributed by atoms with Gasteiger partial charge in [0.25, 0.3) is 11.8 Å². The molecule has 21 heavy (non-hydrogen) atoms. The lowest BCUT2D eigenvalue weighted by atomic mass is 9.70. The van der Waals surface area contributed by atoms with E-state index in [1.54, 1.807) is 0 Å². The van der Waals surface area contributed by atoms with E-state index in [1.165, 1.54) is 13.1 Å². The SMILES string of the molecule is CN1C(=O)C=C(S(=O)C[C@]23CC[C@H](C[C@H]2O)C3(C)C)C1=O. The molecule has 0 aromatic heterocycles. The van der Waals surface area contributed by atoms with E-state index < -0.39 is 34.1 Å². The molecule has 0 saturated heterocycles. The molecule has 0 spiro atoms. The van der Waals surface area contributed by atoms with Crippen LogP contribution in [0.4, 0.5) is 0 Å². The zero-order valence-electron chi connectivity index (χ0n) is 12.6. The van der Waals surface area contributed by atoms with Gasteiger partial charge in [0.05, 0.1) is 16.9 Å². The van der Waals surface area contributed by atoms with Crippen molar-refractivity contribution in [2.45, 2.75) is 39.2 Å². The summed E-state index contributed by atoms with van der Waals surface area (Å²) in [5.74, 6) is -0.191. The average Bonchev–Trinajstić information content (AvgIpc) is 2.88. The number of likely N-dealkylation sites (N-methyl/N-ethyl adjacent to an activating group) is 1. The first kappa shape index (κ1) is 14.9. The molecule has 1 heterocycles. The maximum atomic E-state index is 12.7. The average molecular weight is 311 g/mol. The highest BCUT2D eigenvalue weighted by Gasteiger charge is 2.64. The van der Waals surface area contributed by atoms with Gasteiger partial charge in [-0.1, -0.05) is 13.8 Å². The molecule has 0 aromatic carbocycles. The van der Waals surface area contributed by atoms with Crippen LogP contribution < -0.4 is 0 Å². The Morgan fingerprint density at radius 1 is 1.43 bits per heavy atom. The van der Waals surface area contributed by atoms with Crippen molar-refractivity contribution in [3.05, 3.63) is 11.0 Å². The van der Waals surface area contributed by atoms with Gasteiger partial charge in [-0.3, -0.25) is 18.7 Å². The number of hydrogen-bond acceptors (Lipinski definition) is 4. The van der Waals surface area contributed by atoms with E-state index in [1.807, 2.05) is 0 Å². The summed E-state index contributed by atoms with van der Waals surface area (Å²) in [5, 5.41) is 10.5. The quantitative estimate of drug-likeness (QED) is 0.783. The lowest BCUT2D eigenvalue weighted by Crippen LogP contribution is -2.43. The molecule has 2 bridgehead atoms. The van der Waals surface area contributed by atoms with Gasteiger partial charge in [0.15, 0.2) is 0 Å². The predicted molar refractivity (Wildman–Crippen MR) is 78.4 cm³/mol. The Balaban J connectivity index is 1.87. The molecule has 5 nitrogen and oxygen atoms in total. The molecule has 1 aliphatic heterocycles. The number of hydrogen-bond donors (Lipinski definition) is 1. The molecule has 0 radical (unpaired) electrons. The maximum Gasteiger partial charge on any atom is 0.269 e. The summed E-state index contributed by atoms with van der Waals surface area (Å²) >= 11 is 0. The summed E-state index contributed by atoms with van der Waals surface area (Å²) in [4.78, 5) is 24.6. The van der Waals surface area contributed by atoms with Crippen LogP contribution in [0, 0.1) is 16.7 Å². The highest BCUT2D eigenvalue weighted by Crippen LogP contribution is 2.66. The van der Waals surface area contributed by atoms with Crippen molar-refractivity contribution in [2.75, 3.05) is 12.8 Å². The number of aliphatic hydroxyl groups excluding tert-OH is 1. The topological polar surface area (TPSA) is 74.7 Å². The largest absolute Gasteiger partial charge is 0.392 e. The predicted octanol–water partition coefficient (Wildman–Crippen LogP) is 0.805. The van der Waals surface area contributed by atoms with Gasteiger partial charge < -0.3 is 5.11 Å². The zero-order valence-corrected chi connectivity index (χ0v) is 13.4. The van der Waals surface area contributed by atoms with Crippen LogP contribution in [0.3, 0.4) is 0 Å². The van der Waals surface area contributed by atoms with Crippen molar-refractivity contribution in [3.8, 4) is 0 Å². The van der Waals surface area contributed by atoms with Crippen molar-refractivity contribution < 1.29 is 18.9 Å². The molecule has 2 saturated carbocycles. The molecule has 2 aliphatic carbocycles. The summed E-state index contributed by atoms with van der Waals surface area (Å²) in [7, 11) is -0.155. The monoisotopic (exact) mass is 311 g/mol. The van der Waals surface area contributed by atoms with Gasteiger partial charge in [-0.25, -0.2) is 0 Å². The van der Waals surface area contributed by atoms with Gasteiger partial charge in [-0.2, -0.15) is 0 Å². The number of fused-ring (bicyclic) bond motifs is 2. The molecular formula is C15H21NO4S. The molecule has 1 N–H and O–H groups in total. The van der Waals surface area contributed by atoms with E-state index in [-0.39, 0.29) is 16.1 Å². The standard InChI is InChI=1S/C15H21NO4S/c1-14(2)9-4-5-15(14,11(17)6-9)8-21(20)10-7-12(18)16(3)13(10)19/h7,9,11,17H,4-6,8H2,1-3H3/t9-,11-,15-,21?/m1/s1. The fourth-order valence-electron chi connectivity index (χ4n) is 4.39. The van der Waals surface area contributed by atoms with Gasteiger partial charge >= 0.3 is 0 Å². The molecule has 1 unspecified atom stereocenters. The highest BCUT2D eigenvalue weighted by molar-refractivity contribution is 7.90. The lowest BCUT2D eigenvalue weighted by molar-refractivity contribution is -0.135. The molecule has 2 fully saturated rings. The Labute approximate surface area is 126 Å². The third-order valence-electron chi connectivity index (χ3n) is 6.12. The minimum absolute atomic E-state index is 0.0789. The number of nitrogens with zero attached hydrogens (tertiary/aromatic N) is 1. The number of amides is 2. The number of imide groups is 1. The summed E-state index contributed by atoms with van der Waals surface area (Å²) in [6.07, 6.45) is 3.32. The number of carbonyl (C=O) groups excluding carboxylic acids is 2. The third-order valence-corrected chi connectivity index (χ3v) is 7.68. The summed E-state index contributed by atoms with van der Waals surface area (Å²) < 4.78 is 12.7. The summed E-state index contributed by atoms with van der Waals surface area (Å²) in [6, 6.07) is 0. The van der Waals surface area contributed by atoms with Gasteiger partial charge in [0.2, 0.25) is 0 Å². The molecule has 4 atom stereocenters. The van der Waals surface area contributed by atoms with Gasteiger partial charge in [-0.15, -0.1) is 0 Å². The fraction of sp³-hybridized carbons (Fsp3) is 0.733. The van der Waals surface area contributed by atoms with E-state index in [0.29, 0.717) is 5.92 Å². The van der Waals surface area contributed by atoms with Crippen LogP contribution in [0.15, 0.2) is 11.0 Å². The van der Waals surface area contributed by atoms with Gasteiger partial charge in [-0.05, 0) is 30.6 Å².